The molecule has 1 heterocycles. The molecule has 7 heteroatoms. The highest BCUT2D eigenvalue weighted by molar-refractivity contribution is 7.97. The molecule has 0 fully saturated rings. The summed E-state index contributed by atoms with van der Waals surface area (Å²) in [6.45, 7) is -0.218. The highest BCUT2D eigenvalue weighted by Crippen LogP contribution is 2.13. The van der Waals surface area contributed by atoms with Crippen LogP contribution < -0.4 is 5.32 Å². The maximum Gasteiger partial charge on any atom is 0.336 e. The molecule has 0 bridgehead atoms. The van der Waals surface area contributed by atoms with Gasteiger partial charge in [-0.3, -0.25) is 4.79 Å². The number of hydrogen-bond acceptors (Lipinski definition) is 6. The normalized spacial score (nSPS) is 11.9. The van der Waals surface area contributed by atoms with E-state index in [-0.39, 0.29) is 12.3 Å². The van der Waals surface area contributed by atoms with E-state index in [0.29, 0.717) is 11.5 Å². The van der Waals surface area contributed by atoms with Crippen LogP contribution in [-0.2, 0) is 15.3 Å². The van der Waals surface area contributed by atoms with E-state index in [1.807, 2.05) is 6.26 Å². The van der Waals surface area contributed by atoms with Crippen LogP contribution >= 0.6 is 11.8 Å². The molecule has 100 valence electrons. The summed E-state index contributed by atoms with van der Waals surface area (Å²) in [5.74, 6) is 0.248. The number of carbonyl (C=O) groups is 2. The Morgan fingerprint density at radius 2 is 2.28 bits per heavy atom. The van der Waals surface area contributed by atoms with Gasteiger partial charge in [-0.1, -0.05) is 0 Å². The number of carbonyl (C=O) groups excluding carboxylic acids is 2. The van der Waals surface area contributed by atoms with Gasteiger partial charge in [-0.05, 0) is 18.4 Å². The third-order valence-corrected chi connectivity index (χ3v) is 2.67. The third-order valence-electron chi connectivity index (χ3n) is 2.10. The molecule has 0 aromatic carbocycles. The molecule has 1 unspecified atom stereocenters. The number of furan rings is 1. The zero-order chi connectivity index (χ0) is 13.5. The lowest BCUT2D eigenvalue weighted by Crippen LogP contribution is -2.37. The highest BCUT2D eigenvalue weighted by atomic mass is 32.2. The topological polar surface area (TPSA) is 88.8 Å². The minimum absolute atomic E-state index is 0.149. The van der Waals surface area contributed by atoms with Gasteiger partial charge in [0.25, 0.3) is 5.91 Å². The zero-order valence-electron chi connectivity index (χ0n) is 10.1. The van der Waals surface area contributed by atoms with E-state index in [9.17, 15) is 14.7 Å². The average molecular weight is 273 g/mol. The van der Waals surface area contributed by atoms with Gasteiger partial charge in [0.15, 0.2) is 11.9 Å². The number of thioether (sulfide) groups is 1. The SMILES string of the molecule is COC(=O)C(O)CNC(=O)c1ccc(CSC)o1. The molecule has 1 rings (SSSR count). The first-order valence-corrected chi connectivity index (χ1v) is 6.59. The molecule has 0 saturated carbocycles. The summed E-state index contributed by atoms with van der Waals surface area (Å²) in [7, 11) is 1.16. The molecule has 0 aliphatic heterocycles. The molecule has 18 heavy (non-hydrogen) atoms. The van der Waals surface area contributed by atoms with Gasteiger partial charge >= 0.3 is 5.97 Å². The molecule has 1 atom stereocenters. The average Bonchev–Trinajstić information content (AvgIpc) is 2.83. The molecule has 1 aromatic rings. The molecule has 0 aliphatic carbocycles. The van der Waals surface area contributed by atoms with Crippen molar-refractivity contribution in [3.05, 3.63) is 23.7 Å². The number of amides is 1. The van der Waals surface area contributed by atoms with E-state index in [0.717, 1.165) is 7.11 Å². The molecular weight excluding hydrogens is 258 g/mol. The second kappa shape index (κ2) is 7.07. The Balaban J connectivity index is 2.47. The van der Waals surface area contributed by atoms with Crippen LogP contribution in [0, 0.1) is 0 Å². The molecule has 2 N–H and O–H groups in total. The van der Waals surface area contributed by atoms with Crippen molar-refractivity contribution in [2.75, 3.05) is 19.9 Å². The minimum Gasteiger partial charge on any atom is -0.467 e. The lowest BCUT2D eigenvalue weighted by molar-refractivity contribution is -0.149. The fourth-order valence-corrected chi connectivity index (χ4v) is 1.66. The predicted molar refractivity (Wildman–Crippen MR) is 66.3 cm³/mol. The Morgan fingerprint density at radius 1 is 1.56 bits per heavy atom. The summed E-state index contributed by atoms with van der Waals surface area (Å²) in [6.07, 6.45) is 0.550. The molecule has 0 spiro atoms. The van der Waals surface area contributed by atoms with Gasteiger partial charge in [-0.2, -0.15) is 11.8 Å². The van der Waals surface area contributed by atoms with Crippen molar-refractivity contribution in [3.63, 3.8) is 0 Å². The van der Waals surface area contributed by atoms with E-state index in [2.05, 4.69) is 10.1 Å². The smallest absolute Gasteiger partial charge is 0.336 e. The monoisotopic (exact) mass is 273 g/mol. The van der Waals surface area contributed by atoms with Gasteiger partial charge in [-0.25, -0.2) is 4.79 Å². The van der Waals surface area contributed by atoms with Crippen LogP contribution in [0.25, 0.3) is 0 Å². The fraction of sp³-hybridized carbons (Fsp3) is 0.455. The lowest BCUT2D eigenvalue weighted by atomic mass is 10.3. The number of aliphatic hydroxyl groups excluding tert-OH is 1. The quantitative estimate of drug-likeness (QED) is 0.730. The van der Waals surface area contributed by atoms with E-state index in [1.54, 1.807) is 23.9 Å². The fourth-order valence-electron chi connectivity index (χ4n) is 1.22. The second-order valence-electron chi connectivity index (χ2n) is 3.45. The van der Waals surface area contributed by atoms with Crippen LogP contribution in [0.15, 0.2) is 16.5 Å². The molecule has 1 aromatic heterocycles. The van der Waals surface area contributed by atoms with E-state index in [4.69, 9.17) is 4.42 Å². The van der Waals surface area contributed by atoms with Crippen LogP contribution in [0.2, 0.25) is 0 Å². The Labute approximate surface area is 109 Å². The van der Waals surface area contributed by atoms with Crippen LogP contribution in [0.4, 0.5) is 0 Å². The molecular formula is C11H15NO5S. The van der Waals surface area contributed by atoms with Crippen molar-refractivity contribution < 1.29 is 23.8 Å². The minimum atomic E-state index is -1.38. The summed E-state index contributed by atoms with van der Waals surface area (Å²) in [4.78, 5) is 22.5. The van der Waals surface area contributed by atoms with E-state index >= 15 is 0 Å². The van der Waals surface area contributed by atoms with Crippen LogP contribution in [0.3, 0.4) is 0 Å². The van der Waals surface area contributed by atoms with Crippen LogP contribution in [-0.4, -0.2) is 43.0 Å². The van der Waals surface area contributed by atoms with Crippen molar-refractivity contribution in [2.24, 2.45) is 0 Å². The van der Waals surface area contributed by atoms with Gasteiger partial charge in [0.05, 0.1) is 19.4 Å². The first-order valence-electron chi connectivity index (χ1n) is 5.20. The highest BCUT2D eigenvalue weighted by Gasteiger charge is 2.18. The number of aliphatic hydroxyl groups is 1. The zero-order valence-corrected chi connectivity index (χ0v) is 11.0. The Hall–Kier alpha value is -1.47. The molecule has 0 radical (unpaired) electrons. The second-order valence-corrected chi connectivity index (χ2v) is 4.31. The Bertz CT molecular complexity index is 417. The van der Waals surface area contributed by atoms with Crippen molar-refractivity contribution in [3.8, 4) is 0 Å². The van der Waals surface area contributed by atoms with Crippen LogP contribution in [0.5, 0.6) is 0 Å². The number of nitrogens with one attached hydrogen (secondary N) is 1. The summed E-state index contributed by atoms with van der Waals surface area (Å²) < 4.78 is 9.59. The lowest BCUT2D eigenvalue weighted by Gasteiger charge is -2.08. The first kappa shape index (κ1) is 14.6. The van der Waals surface area contributed by atoms with Gasteiger partial charge < -0.3 is 19.6 Å². The first-order chi connectivity index (χ1) is 8.58. The molecule has 0 aliphatic rings. The van der Waals surface area contributed by atoms with E-state index < -0.39 is 18.0 Å². The Morgan fingerprint density at radius 3 is 2.89 bits per heavy atom. The maximum absolute atomic E-state index is 11.6. The molecule has 0 saturated heterocycles. The largest absolute Gasteiger partial charge is 0.467 e. The summed E-state index contributed by atoms with van der Waals surface area (Å²) in [6, 6.07) is 3.26. The van der Waals surface area contributed by atoms with Crippen LogP contribution in [0.1, 0.15) is 16.3 Å². The summed E-state index contributed by atoms with van der Waals surface area (Å²) >= 11 is 1.58. The number of methoxy groups -OCH3 is 1. The molecule has 1 amide bonds. The maximum atomic E-state index is 11.6. The van der Waals surface area contributed by atoms with E-state index in [1.165, 1.54) is 0 Å². The number of esters is 1. The van der Waals surface area contributed by atoms with Gasteiger partial charge in [0, 0.05) is 0 Å². The standard InChI is InChI=1S/C11H15NO5S/c1-16-11(15)8(13)5-12-10(14)9-4-3-7(17-9)6-18-2/h3-4,8,13H,5-6H2,1-2H3,(H,12,14). The van der Waals surface area contributed by atoms with Crippen molar-refractivity contribution in [1.29, 1.82) is 0 Å². The van der Waals surface area contributed by atoms with Crippen molar-refractivity contribution in [1.82, 2.24) is 5.32 Å². The predicted octanol–water partition coefficient (Wildman–Crippen LogP) is 0.406. The number of hydrogen-bond donors (Lipinski definition) is 2. The van der Waals surface area contributed by atoms with Gasteiger partial charge in [0.1, 0.15) is 5.76 Å². The number of ether oxygens (including phenoxy) is 1. The summed E-state index contributed by atoms with van der Waals surface area (Å²) in [5, 5.41) is 11.7. The van der Waals surface area contributed by atoms with Crippen molar-refractivity contribution in [2.45, 2.75) is 11.9 Å². The summed E-state index contributed by atoms with van der Waals surface area (Å²) in [5.41, 5.74) is 0. The number of rotatable bonds is 6. The molecule has 6 nitrogen and oxygen atoms in total. The van der Waals surface area contributed by atoms with Gasteiger partial charge in [0.2, 0.25) is 0 Å². The Kier molecular flexibility index (Phi) is 5.73. The third kappa shape index (κ3) is 4.08. The van der Waals surface area contributed by atoms with Crippen molar-refractivity contribution >= 4 is 23.6 Å². The van der Waals surface area contributed by atoms with Gasteiger partial charge in [-0.15, -0.1) is 0 Å².